The lowest BCUT2D eigenvalue weighted by Gasteiger charge is -2.29. The molecule has 0 atom stereocenters. The molecule has 3 aromatic rings. The minimum absolute atomic E-state index is 0.599. The molecule has 2 heterocycles. The van der Waals surface area contributed by atoms with Crippen LogP contribution < -0.4 is 4.90 Å². The van der Waals surface area contributed by atoms with E-state index in [-0.39, 0.29) is 0 Å². The molecule has 0 spiro atoms. The fourth-order valence-corrected chi connectivity index (χ4v) is 3.15. The van der Waals surface area contributed by atoms with Gasteiger partial charge in [-0.1, -0.05) is 18.2 Å². The Bertz CT molecular complexity index is 924. The lowest BCUT2D eigenvalue weighted by molar-refractivity contribution is 0.122. The highest BCUT2D eigenvalue weighted by atomic mass is 16.5. The molecule has 1 fully saturated rings. The van der Waals surface area contributed by atoms with Gasteiger partial charge in [0, 0.05) is 36.7 Å². The van der Waals surface area contributed by atoms with Gasteiger partial charge in [0.1, 0.15) is 6.07 Å². The molecule has 1 aliphatic rings. The molecule has 118 valence electrons. The fraction of sp³-hybridized carbons (Fsp3) is 0.200. The number of hydrogen-bond acceptors (Lipinski definition) is 4. The van der Waals surface area contributed by atoms with Gasteiger partial charge in [-0.25, -0.2) is 0 Å². The smallest absolute Gasteiger partial charge is 0.101 e. The number of pyridine rings is 1. The van der Waals surface area contributed by atoms with Crippen molar-refractivity contribution >= 4 is 16.5 Å². The summed E-state index contributed by atoms with van der Waals surface area (Å²) in [5, 5.41) is 11.6. The van der Waals surface area contributed by atoms with Gasteiger partial charge < -0.3 is 9.64 Å². The average molecular weight is 315 g/mol. The first-order valence-electron chi connectivity index (χ1n) is 8.06. The van der Waals surface area contributed by atoms with Crippen LogP contribution in [0.25, 0.3) is 21.9 Å². The molecular formula is C20H17N3O. The van der Waals surface area contributed by atoms with Crippen LogP contribution >= 0.6 is 0 Å². The van der Waals surface area contributed by atoms with Gasteiger partial charge in [-0.05, 0) is 40.6 Å². The molecule has 0 bridgehead atoms. The minimum Gasteiger partial charge on any atom is -0.378 e. The number of rotatable bonds is 2. The standard InChI is InChI=1S/C20H17N3O/c21-13-18-14-22-6-5-20(18)17-2-1-16-12-19(4-3-15(16)11-17)23-7-9-24-10-8-23/h1-6,11-12,14H,7-10H2. The summed E-state index contributed by atoms with van der Waals surface area (Å²) in [4.78, 5) is 6.38. The Kier molecular flexibility index (Phi) is 3.86. The summed E-state index contributed by atoms with van der Waals surface area (Å²) >= 11 is 0. The molecule has 4 nitrogen and oxygen atoms in total. The predicted octanol–water partition coefficient (Wildman–Crippen LogP) is 3.61. The average Bonchev–Trinajstić information content (AvgIpc) is 2.68. The van der Waals surface area contributed by atoms with Gasteiger partial charge >= 0.3 is 0 Å². The van der Waals surface area contributed by atoms with Crippen LogP contribution in [0, 0.1) is 11.3 Å². The molecule has 24 heavy (non-hydrogen) atoms. The SMILES string of the molecule is N#Cc1cnccc1-c1ccc2cc(N3CCOCC3)ccc2c1. The van der Waals surface area contributed by atoms with Gasteiger partial charge in [-0.2, -0.15) is 5.26 Å². The van der Waals surface area contributed by atoms with E-state index in [0.29, 0.717) is 5.56 Å². The molecule has 0 amide bonds. The third-order valence-electron chi connectivity index (χ3n) is 4.45. The van der Waals surface area contributed by atoms with Crippen molar-refractivity contribution in [3.05, 3.63) is 60.4 Å². The summed E-state index contributed by atoms with van der Waals surface area (Å²) in [6, 6.07) is 17.0. The largest absolute Gasteiger partial charge is 0.378 e. The first kappa shape index (κ1) is 14.7. The van der Waals surface area contributed by atoms with Crippen LogP contribution in [0.5, 0.6) is 0 Å². The van der Waals surface area contributed by atoms with Crippen molar-refractivity contribution in [1.29, 1.82) is 5.26 Å². The quantitative estimate of drug-likeness (QED) is 0.725. The predicted molar refractivity (Wildman–Crippen MR) is 94.9 cm³/mol. The third kappa shape index (κ3) is 2.70. The highest BCUT2D eigenvalue weighted by Gasteiger charge is 2.12. The Hall–Kier alpha value is -2.90. The van der Waals surface area contributed by atoms with Gasteiger partial charge in [-0.3, -0.25) is 4.98 Å². The van der Waals surface area contributed by atoms with Gasteiger partial charge in [0.15, 0.2) is 0 Å². The maximum absolute atomic E-state index is 9.27. The molecular weight excluding hydrogens is 298 g/mol. The van der Waals surface area contributed by atoms with Crippen LogP contribution in [0.2, 0.25) is 0 Å². The van der Waals surface area contributed by atoms with Crippen LogP contribution in [0.1, 0.15) is 5.56 Å². The summed E-state index contributed by atoms with van der Waals surface area (Å²) in [7, 11) is 0. The van der Waals surface area contributed by atoms with Crippen molar-refractivity contribution in [3.63, 3.8) is 0 Å². The Morgan fingerprint density at radius 2 is 1.79 bits per heavy atom. The molecule has 4 heteroatoms. The first-order chi connectivity index (χ1) is 11.8. The van der Waals surface area contributed by atoms with Crippen molar-refractivity contribution in [1.82, 2.24) is 4.98 Å². The summed E-state index contributed by atoms with van der Waals surface area (Å²) in [5.74, 6) is 0. The van der Waals surface area contributed by atoms with E-state index >= 15 is 0 Å². The minimum atomic E-state index is 0.599. The first-order valence-corrected chi connectivity index (χ1v) is 8.06. The number of ether oxygens (including phenoxy) is 1. The van der Waals surface area contributed by atoms with E-state index in [1.54, 1.807) is 12.4 Å². The van der Waals surface area contributed by atoms with Gasteiger partial charge in [-0.15, -0.1) is 0 Å². The van der Waals surface area contributed by atoms with E-state index < -0.39 is 0 Å². The number of hydrogen-bond donors (Lipinski definition) is 0. The van der Waals surface area contributed by atoms with E-state index in [1.165, 1.54) is 16.5 Å². The highest BCUT2D eigenvalue weighted by molar-refractivity contribution is 5.90. The van der Waals surface area contributed by atoms with E-state index in [0.717, 1.165) is 37.4 Å². The zero-order valence-corrected chi connectivity index (χ0v) is 13.3. The van der Waals surface area contributed by atoms with Crippen molar-refractivity contribution in [2.75, 3.05) is 31.2 Å². The molecule has 1 aliphatic heterocycles. The molecule has 1 aromatic heterocycles. The summed E-state index contributed by atoms with van der Waals surface area (Å²) in [6.07, 6.45) is 3.34. The van der Waals surface area contributed by atoms with Crippen molar-refractivity contribution in [2.24, 2.45) is 0 Å². The monoisotopic (exact) mass is 315 g/mol. The molecule has 0 aliphatic carbocycles. The zero-order chi connectivity index (χ0) is 16.4. The molecule has 2 aromatic carbocycles. The number of nitriles is 1. The fourth-order valence-electron chi connectivity index (χ4n) is 3.15. The van der Waals surface area contributed by atoms with Gasteiger partial charge in [0.25, 0.3) is 0 Å². The van der Waals surface area contributed by atoms with Crippen LogP contribution in [-0.2, 0) is 4.74 Å². The molecule has 0 saturated carbocycles. The van der Waals surface area contributed by atoms with Crippen molar-refractivity contribution < 1.29 is 4.74 Å². The van der Waals surface area contributed by atoms with Crippen LogP contribution in [0.15, 0.2) is 54.9 Å². The number of fused-ring (bicyclic) bond motifs is 1. The Morgan fingerprint density at radius 1 is 1.00 bits per heavy atom. The second-order valence-corrected chi connectivity index (χ2v) is 5.88. The molecule has 4 rings (SSSR count). The molecule has 0 unspecified atom stereocenters. The molecule has 1 saturated heterocycles. The van der Waals surface area contributed by atoms with E-state index in [9.17, 15) is 5.26 Å². The second-order valence-electron chi connectivity index (χ2n) is 5.88. The maximum atomic E-state index is 9.27. The van der Waals surface area contributed by atoms with Crippen molar-refractivity contribution in [3.8, 4) is 17.2 Å². The Morgan fingerprint density at radius 3 is 2.62 bits per heavy atom. The lowest BCUT2D eigenvalue weighted by Crippen LogP contribution is -2.36. The van der Waals surface area contributed by atoms with Crippen molar-refractivity contribution in [2.45, 2.75) is 0 Å². The lowest BCUT2D eigenvalue weighted by atomic mass is 9.99. The number of morpholine rings is 1. The highest BCUT2D eigenvalue weighted by Crippen LogP contribution is 2.29. The number of benzene rings is 2. The zero-order valence-electron chi connectivity index (χ0n) is 13.3. The summed E-state index contributed by atoms with van der Waals surface area (Å²) in [6.45, 7) is 3.45. The van der Waals surface area contributed by atoms with Crippen LogP contribution in [0.4, 0.5) is 5.69 Å². The van der Waals surface area contributed by atoms with E-state index in [2.05, 4.69) is 52.4 Å². The van der Waals surface area contributed by atoms with E-state index in [4.69, 9.17) is 4.74 Å². The molecule has 0 radical (unpaired) electrons. The van der Waals surface area contributed by atoms with Gasteiger partial charge in [0.2, 0.25) is 0 Å². The Labute approximate surface area is 140 Å². The summed E-state index contributed by atoms with van der Waals surface area (Å²) < 4.78 is 5.42. The van der Waals surface area contributed by atoms with E-state index in [1.807, 2.05) is 6.07 Å². The Balaban J connectivity index is 1.73. The number of nitrogens with zero attached hydrogens (tertiary/aromatic N) is 3. The number of anilines is 1. The van der Waals surface area contributed by atoms with Crippen LogP contribution in [-0.4, -0.2) is 31.3 Å². The maximum Gasteiger partial charge on any atom is 0.101 e. The van der Waals surface area contributed by atoms with Gasteiger partial charge in [0.05, 0.1) is 18.8 Å². The topological polar surface area (TPSA) is 49.2 Å². The number of aromatic nitrogens is 1. The normalized spacial score (nSPS) is 14.5. The second kappa shape index (κ2) is 6.31. The molecule has 0 N–H and O–H groups in total. The summed E-state index contributed by atoms with van der Waals surface area (Å²) in [5.41, 5.74) is 3.80. The third-order valence-corrected chi connectivity index (χ3v) is 4.45. The van der Waals surface area contributed by atoms with Crippen LogP contribution in [0.3, 0.4) is 0 Å².